The molecule has 0 radical (unpaired) electrons. The number of carboxylic acid groups (broad SMARTS) is 1. The van der Waals surface area contributed by atoms with Crippen LogP contribution in [0.1, 0.15) is 20.8 Å². The first-order chi connectivity index (χ1) is 10.1. The highest BCUT2D eigenvalue weighted by molar-refractivity contribution is 7.17. The molecule has 21 heavy (non-hydrogen) atoms. The molecule has 2 aromatic heterocycles. The SMILES string of the molecule is O=C(O)c1cccc(NC(=O)c2csc3ccccc23)n1. The van der Waals surface area contributed by atoms with E-state index in [1.807, 2.05) is 24.3 Å². The topological polar surface area (TPSA) is 79.3 Å². The maximum absolute atomic E-state index is 12.3. The van der Waals surface area contributed by atoms with Gasteiger partial charge in [-0.1, -0.05) is 24.3 Å². The number of anilines is 1. The zero-order valence-corrected chi connectivity index (χ0v) is 11.6. The van der Waals surface area contributed by atoms with Gasteiger partial charge >= 0.3 is 5.97 Å². The summed E-state index contributed by atoms with van der Waals surface area (Å²) >= 11 is 1.49. The Morgan fingerprint density at radius 2 is 1.90 bits per heavy atom. The summed E-state index contributed by atoms with van der Waals surface area (Å²) in [6.45, 7) is 0. The van der Waals surface area contributed by atoms with Crippen LogP contribution in [-0.2, 0) is 0 Å². The smallest absolute Gasteiger partial charge is 0.354 e. The number of carbonyl (C=O) groups excluding carboxylic acids is 1. The molecule has 3 rings (SSSR count). The highest BCUT2D eigenvalue weighted by Crippen LogP contribution is 2.26. The lowest BCUT2D eigenvalue weighted by atomic mass is 10.1. The average Bonchev–Trinajstić information content (AvgIpc) is 2.91. The van der Waals surface area contributed by atoms with Crippen LogP contribution in [0, 0.1) is 0 Å². The number of amides is 1. The van der Waals surface area contributed by atoms with Gasteiger partial charge in [0, 0.05) is 15.5 Å². The quantitative estimate of drug-likeness (QED) is 0.778. The third kappa shape index (κ3) is 2.61. The lowest BCUT2D eigenvalue weighted by Crippen LogP contribution is -2.13. The molecule has 5 nitrogen and oxygen atoms in total. The largest absolute Gasteiger partial charge is 0.477 e. The second kappa shape index (κ2) is 5.34. The zero-order valence-electron chi connectivity index (χ0n) is 10.7. The zero-order chi connectivity index (χ0) is 14.8. The average molecular weight is 298 g/mol. The van der Waals surface area contributed by atoms with Crippen LogP contribution in [0.3, 0.4) is 0 Å². The minimum atomic E-state index is -1.13. The maximum atomic E-state index is 12.3. The van der Waals surface area contributed by atoms with E-state index in [9.17, 15) is 9.59 Å². The molecule has 1 amide bonds. The third-order valence-corrected chi connectivity index (χ3v) is 3.90. The van der Waals surface area contributed by atoms with Crippen molar-refractivity contribution in [3.63, 3.8) is 0 Å². The molecule has 104 valence electrons. The molecule has 2 N–H and O–H groups in total. The van der Waals surface area contributed by atoms with Crippen molar-refractivity contribution in [2.75, 3.05) is 5.32 Å². The number of benzene rings is 1. The van der Waals surface area contributed by atoms with Crippen LogP contribution in [-0.4, -0.2) is 22.0 Å². The molecule has 0 aliphatic rings. The molecule has 1 aromatic carbocycles. The standard InChI is InChI=1S/C15H10N2O3S/c18-14(10-8-21-12-6-2-1-4-9(10)12)17-13-7-3-5-11(16-13)15(19)20/h1-8H,(H,19,20)(H,16,17,18). The molecular weight excluding hydrogens is 288 g/mol. The lowest BCUT2D eigenvalue weighted by molar-refractivity contribution is 0.0690. The number of rotatable bonds is 3. The fourth-order valence-electron chi connectivity index (χ4n) is 1.96. The molecule has 6 heteroatoms. The highest BCUT2D eigenvalue weighted by Gasteiger charge is 2.13. The Balaban J connectivity index is 1.90. The van der Waals surface area contributed by atoms with Gasteiger partial charge in [-0.3, -0.25) is 4.79 Å². The fraction of sp³-hybridized carbons (Fsp3) is 0. The van der Waals surface area contributed by atoms with Gasteiger partial charge in [0.25, 0.3) is 5.91 Å². The number of carbonyl (C=O) groups is 2. The van der Waals surface area contributed by atoms with Gasteiger partial charge < -0.3 is 10.4 Å². The molecule has 0 fully saturated rings. The summed E-state index contributed by atoms with van der Waals surface area (Å²) in [4.78, 5) is 27.0. The van der Waals surface area contributed by atoms with E-state index in [0.29, 0.717) is 5.56 Å². The highest BCUT2D eigenvalue weighted by atomic mass is 32.1. The number of fused-ring (bicyclic) bond motifs is 1. The van der Waals surface area contributed by atoms with Crippen molar-refractivity contribution in [2.45, 2.75) is 0 Å². The van der Waals surface area contributed by atoms with Crippen molar-refractivity contribution in [3.8, 4) is 0 Å². The van der Waals surface area contributed by atoms with Gasteiger partial charge in [0.2, 0.25) is 0 Å². The van der Waals surface area contributed by atoms with Crippen LogP contribution < -0.4 is 5.32 Å². The first-order valence-electron chi connectivity index (χ1n) is 6.13. The Morgan fingerprint density at radius 3 is 2.71 bits per heavy atom. The first-order valence-corrected chi connectivity index (χ1v) is 7.01. The fourth-order valence-corrected chi connectivity index (χ4v) is 2.90. The Hall–Kier alpha value is -2.73. The molecule has 0 aliphatic heterocycles. The number of hydrogen-bond acceptors (Lipinski definition) is 4. The van der Waals surface area contributed by atoms with Gasteiger partial charge in [-0.2, -0.15) is 0 Å². The molecule has 0 saturated carbocycles. The van der Waals surface area contributed by atoms with Gasteiger partial charge in [-0.15, -0.1) is 11.3 Å². The van der Waals surface area contributed by atoms with E-state index < -0.39 is 5.97 Å². The second-order valence-electron chi connectivity index (χ2n) is 4.31. The molecule has 0 unspecified atom stereocenters. The van der Waals surface area contributed by atoms with E-state index in [1.54, 1.807) is 11.4 Å². The lowest BCUT2D eigenvalue weighted by Gasteiger charge is -2.04. The molecule has 3 aromatic rings. The van der Waals surface area contributed by atoms with Crippen LogP contribution in [0.4, 0.5) is 5.82 Å². The summed E-state index contributed by atoms with van der Waals surface area (Å²) in [5.41, 5.74) is 0.445. The number of nitrogens with zero attached hydrogens (tertiary/aromatic N) is 1. The second-order valence-corrected chi connectivity index (χ2v) is 5.22. The number of aromatic carboxylic acids is 1. The summed E-state index contributed by atoms with van der Waals surface area (Å²) in [5, 5.41) is 14.2. The van der Waals surface area contributed by atoms with E-state index in [0.717, 1.165) is 10.1 Å². The minimum absolute atomic E-state index is 0.108. The van der Waals surface area contributed by atoms with Crippen LogP contribution >= 0.6 is 11.3 Å². The summed E-state index contributed by atoms with van der Waals surface area (Å²) in [7, 11) is 0. The van der Waals surface area contributed by atoms with Crippen molar-refractivity contribution < 1.29 is 14.7 Å². The van der Waals surface area contributed by atoms with Crippen molar-refractivity contribution in [3.05, 3.63) is 59.1 Å². The van der Waals surface area contributed by atoms with Gasteiger partial charge in [-0.25, -0.2) is 9.78 Å². The van der Waals surface area contributed by atoms with Crippen LogP contribution in [0.2, 0.25) is 0 Å². The summed E-state index contributed by atoms with van der Waals surface area (Å²) < 4.78 is 1.02. The van der Waals surface area contributed by atoms with Crippen molar-refractivity contribution >= 4 is 39.1 Å². The molecule has 2 heterocycles. The minimum Gasteiger partial charge on any atom is -0.477 e. The first kappa shape index (κ1) is 13.3. The Kier molecular flexibility index (Phi) is 3.37. The molecule has 0 atom stereocenters. The number of aromatic nitrogens is 1. The molecule has 0 aliphatic carbocycles. The van der Waals surface area contributed by atoms with Crippen LogP contribution in [0.5, 0.6) is 0 Å². The predicted octanol–water partition coefficient (Wildman–Crippen LogP) is 3.25. The van der Waals surface area contributed by atoms with Crippen LogP contribution in [0.25, 0.3) is 10.1 Å². The molecule has 0 spiro atoms. The summed E-state index contributed by atoms with van der Waals surface area (Å²) in [6.07, 6.45) is 0. The van der Waals surface area contributed by atoms with E-state index in [2.05, 4.69) is 10.3 Å². The Labute approximate surface area is 123 Å². The maximum Gasteiger partial charge on any atom is 0.354 e. The summed E-state index contributed by atoms with van der Waals surface area (Å²) in [6, 6.07) is 12.1. The number of nitrogens with one attached hydrogen (secondary N) is 1. The van der Waals surface area contributed by atoms with Crippen molar-refractivity contribution in [2.24, 2.45) is 0 Å². The number of hydrogen-bond donors (Lipinski definition) is 2. The van der Waals surface area contributed by atoms with Crippen LogP contribution in [0.15, 0.2) is 47.8 Å². The van der Waals surface area contributed by atoms with Crippen molar-refractivity contribution in [1.29, 1.82) is 0 Å². The van der Waals surface area contributed by atoms with Gasteiger partial charge in [-0.05, 0) is 18.2 Å². The molecular formula is C15H10N2O3S. The van der Waals surface area contributed by atoms with Gasteiger partial charge in [0.05, 0.1) is 5.56 Å². The number of thiophene rings is 1. The van der Waals surface area contributed by atoms with E-state index >= 15 is 0 Å². The predicted molar refractivity (Wildman–Crippen MR) is 81.0 cm³/mol. The Bertz CT molecular complexity index is 842. The number of carboxylic acids is 1. The van der Waals surface area contributed by atoms with Gasteiger partial charge in [0.15, 0.2) is 5.69 Å². The molecule has 0 saturated heterocycles. The summed E-state index contributed by atoms with van der Waals surface area (Å²) in [5.74, 6) is -1.22. The van der Waals surface area contributed by atoms with E-state index in [1.165, 1.54) is 23.5 Å². The van der Waals surface area contributed by atoms with Crippen molar-refractivity contribution in [1.82, 2.24) is 4.98 Å². The van der Waals surface area contributed by atoms with E-state index in [4.69, 9.17) is 5.11 Å². The normalized spacial score (nSPS) is 10.5. The monoisotopic (exact) mass is 298 g/mol. The van der Waals surface area contributed by atoms with E-state index in [-0.39, 0.29) is 17.4 Å². The third-order valence-electron chi connectivity index (χ3n) is 2.94. The number of pyridine rings is 1. The molecule has 0 bridgehead atoms. The Morgan fingerprint density at radius 1 is 1.10 bits per heavy atom. The van der Waals surface area contributed by atoms with Gasteiger partial charge in [0.1, 0.15) is 5.82 Å².